The third-order valence-electron chi connectivity index (χ3n) is 2.61. The first-order valence-electron chi connectivity index (χ1n) is 6.45. The molecule has 3 aromatic heterocycles. The molecule has 3 heterocycles. The van der Waals surface area contributed by atoms with Gasteiger partial charge in [0, 0.05) is 13.1 Å². The van der Waals surface area contributed by atoms with Crippen LogP contribution in [0.4, 0.5) is 11.9 Å². The van der Waals surface area contributed by atoms with Crippen molar-refractivity contribution in [2.45, 2.75) is 13.5 Å². The molecule has 0 saturated heterocycles. The molecule has 21 heavy (non-hydrogen) atoms. The van der Waals surface area contributed by atoms with E-state index in [0.29, 0.717) is 24.4 Å². The molecule has 3 aromatic rings. The first kappa shape index (κ1) is 13.4. The molecule has 0 aliphatic carbocycles. The van der Waals surface area contributed by atoms with Crippen LogP contribution in [0.25, 0.3) is 5.95 Å². The highest BCUT2D eigenvalue weighted by Gasteiger charge is 2.08. The first-order valence-corrected chi connectivity index (χ1v) is 7.39. The Morgan fingerprint density at radius 2 is 2.05 bits per heavy atom. The lowest BCUT2D eigenvalue weighted by Crippen LogP contribution is -2.12. The highest BCUT2D eigenvalue weighted by atomic mass is 32.1. The molecule has 0 amide bonds. The summed E-state index contributed by atoms with van der Waals surface area (Å²) in [6, 6.07) is 2.06. The fourth-order valence-corrected chi connectivity index (χ4v) is 2.34. The molecule has 0 fully saturated rings. The fraction of sp³-hybridized carbons (Fsp3) is 0.250. The van der Waals surface area contributed by atoms with Gasteiger partial charge in [-0.05, 0) is 29.3 Å². The minimum absolute atomic E-state index is 0.422. The number of aromatic nitrogens is 6. The molecule has 0 unspecified atom stereocenters. The van der Waals surface area contributed by atoms with Gasteiger partial charge >= 0.3 is 0 Å². The second-order valence-corrected chi connectivity index (χ2v) is 4.92. The van der Waals surface area contributed by atoms with Gasteiger partial charge in [0.05, 0.1) is 0 Å². The van der Waals surface area contributed by atoms with E-state index in [1.807, 2.05) is 12.3 Å². The SMILES string of the molecule is CCNc1nc(NCc2ccsc2)nc(-n2cncn2)n1. The quantitative estimate of drug-likeness (QED) is 0.713. The zero-order valence-electron chi connectivity index (χ0n) is 11.4. The van der Waals surface area contributed by atoms with E-state index in [1.165, 1.54) is 16.6 Å². The number of anilines is 2. The Labute approximate surface area is 125 Å². The van der Waals surface area contributed by atoms with Gasteiger partial charge in [0.1, 0.15) is 12.7 Å². The Balaban J connectivity index is 1.84. The molecule has 9 heteroatoms. The monoisotopic (exact) mass is 302 g/mol. The summed E-state index contributed by atoms with van der Waals surface area (Å²) in [6.45, 7) is 3.37. The second-order valence-electron chi connectivity index (χ2n) is 4.14. The molecule has 0 radical (unpaired) electrons. The Kier molecular flexibility index (Phi) is 4.01. The van der Waals surface area contributed by atoms with Gasteiger partial charge in [-0.2, -0.15) is 36.1 Å². The van der Waals surface area contributed by atoms with Crippen LogP contribution in [-0.4, -0.2) is 36.3 Å². The molecular formula is C12H14N8S. The number of nitrogens with one attached hydrogen (secondary N) is 2. The number of nitrogens with zero attached hydrogens (tertiary/aromatic N) is 6. The maximum Gasteiger partial charge on any atom is 0.258 e. The minimum Gasteiger partial charge on any atom is -0.354 e. The largest absolute Gasteiger partial charge is 0.354 e. The van der Waals surface area contributed by atoms with Crippen molar-refractivity contribution in [3.05, 3.63) is 35.0 Å². The first-order chi connectivity index (χ1) is 10.3. The van der Waals surface area contributed by atoms with E-state index < -0.39 is 0 Å². The summed E-state index contributed by atoms with van der Waals surface area (Å²) in [5, 5.41) is 14.4. The number of rotatable bonds is 6. The number of thiophene rings is 1. The molecule has 0 aromatic carbocycles. The summed E-state index contributed by atoms with van der Waals surface area (Å²) in [5.74, 6) is 1.43. The highest BCUT2D eigenvalue weighted by molar-refractivity contribution is 7.07. The highest BCUT2D eigenvalue weighted by Crippen LogP contribution is 2.11. The van der Waals surface area contributed by atoms with E-state index >= 15 is 0 Å². The van der Waals surface area contributed by atoms with Gasteiger partial charge in [0.25, 0.3) is 5.95 Å². The van der Waals surface area contributed by atoms with Crippen LogP contribution >= 0.6 is 11.3 Å². The van der Waals surface area contributed by atoms with E-state index in [0.717, 1.165) is 6.54 Å². The summed E-state index contributed by atoms with van der Waals surface area (Å²) >= 11 is 1.66. The normalized spacial score (nSPS) is 10.5. The van der Waals surface area contributed by atoms with Gasteiger partial charge in [-0.15, -0.1) is 0 Å². The Morgan fingerprint density at radius 1 is 1.19 bits per heavy atom. The average Bonchev–Trinajstić information content (AvgIpc) is 3.19. The van der Waals surface area contributed by atoms with Crippen LogP contribution in [0.3, 0.4) is 0 Å². The van der Waals surface area contributed by atoms with Gasteiger partial charge in [0.15, 0.2) is 0 Å². The summed E-state index contributed by atoms with van der Waals surface area (Å²) in [7, 11) is 0. The molecule has 0 saturated carbocycles. The molecule has 2 N–H and O–H groups in total. The zero-order valence-corrected chi connectivity index (χ0v) is 12.2. The summed E-state index contributed by atoms with van der Waals surface area (Å²) < 4.78 is 1.50. The predicted molar refractivity (Wildman–Crippen MR) is 80.6 cm³/mol. The molecule has 0 aliphatic heterocycles. The van der Waals surface area contributed by atoms with Gasteiger partial charge < -0.3 is 10.6 Å². The fourth-order valence-electron chi connectivity index (χ4n) is 1.67. The van der Waals surface area contributed by atoms with Crippen LogP contribution in [-0.2, 0) is 6.54 Å². The maximum atomic E-state index is 4.35. The molecule has 0 atom stereocenters. The van der Waals surface area contributed by atoms with Gasteiger partial charge in [-0.3, -0.25) is 0 Å². The van der Waals surface area contributed by atoms with Gasteiger partial charge in [-0.25, -0.2) is 4.98 Å². The summed E-state index contributed by atoms with van der Waals surface area (Å²) in [4.78, 5) is 16.9. The smallest absolute Gasteiger partial charge is 0.258 e. The molecule has 0 spiro atoms. The van der Waals surface area contributed by atoms with Crippen molar-refractivity contribution in [2.24, 2.45) is 0 Å². The van der Waals surface area contributed by atoms with Crippen LogP contribution in [0.5, 0.6) is 0 Å². The zero-order chi connectivity index (χ0) is 14.5. The molecule has 0 bridgehead atoms. The van der Waals surface area contributed by atoms with E-state index in [2.05, 4.69) is 47.1 Å². The molecule has 3 rings (SSSR count). The third kappa shape index (κ3) is 3.31. The molecule has 8 nitrogen and oxygen atoms in total. The lowest BCUT2D eigenvalue weighted by atomic mass is 10.3. The van der Waals surface area contributed by atoms with Crippen molar-refractivity contribution < 1.29 is 0 Å². The second kappa shape index (κ2) is 6.27. The maximum absolute atomic E-state index is 4.35. The average molecular weight is 302 g/mol. The lowest BCUT2D eigenvalue weighted by Gasteiger charge is -2.08. The van der Waals surface area contributed by atoms with Crippen LogP contribution in [0.2, 0.25) is 0 Å². The van der Waals surface area contributed by atoms with E-state index in [1.54, 1.807) is 17.7 Å². The Bertz CT molecular complexity index is 679. The number of hydrogen-bond donors (Lipinski definition) is 2. The van der Waals surface area contributed by atoms with E-state index in [-0.39, 0.29) is 0 Å². The predicted octanol–water partition coefficient (Wildman–Crippen LogP) is 1.56. The van der Waals surface area contributed by atoms with Crippen LogP contribution < -0.4 is 10.6 Å². The van der Waals surface area contributed by atoms with Crippen molar-refractivity contribution in [1.82, 2.24) is 29.7 Å². The van der Waals surface area contributed by atoms with E-state index in [4.69, 9.17) is 0 Å². The van der Waals surface area contributed by atoms with Crippen molar-refractivity contribution >= 4 is 23.2 Å². The van der Waals surface area contributed by atoms with E-state index in [9.17, 15) is 0 Å². The van der Waals surface area contributed by atoms with Crippen LogP contribution in [0.15, 0.2) is 29.5 Å². The van der Waals surface area contributed by atoms with Crippen molar-refractivity contribution in [3.8, 4) is 5.95 Å². The Hall–Kier alpha value is -2.55. The van der Waals surface area contributed by atoms with Gasteiger partial charge in [-0.1, -0.05) is 0 Å². The standard InChI is InChI=1S/C12H14N8S/c1-2-14-10-17-11(15-5-9-3-4-21-6-9)19-12(18-10)20-8-13-7-16-20/h3-4,6-8H,2,5H2,1H3,(H2,14,15,17,18,19). The van der Waals surface area contributed by atoms with Gasteiger partial charge in [0.2, 0.25) is 11.9 Å². The summed E-state index contributed by atoms with van der Waals surface area (Å²) in [5.41, 5.74) is 1.19. The van der Waals surface area contributed by atoms with Crippen LogP contribution in [0, 0.1) is 0 Å². The van der Waals surface area contributed by atoms with Crippen LogP contribution in [0.1, 0.15) is 12.5 Å². The Morgan fingerprint density at radius 3 is 2.71 bits per heavy atom. The van der Waals surface area contributed by atoms with Crippen molar-refractivity contribution in [2.75, 3.05) is 17.2 Å². The molecule has 108 valence electrons. The summed E-state index contributed by atoms with van der Waals surface area (Å²) in [6.07, 6.45) is 2.99. The third-order valence-corrected chi connectivity index (χ3v) is 3.34. The molecule has 0 aliphatic rings. The van der Waals surface area contributed by atoms with Crippen molar-refractivity contribution in [3.63, 3.8) is 0 Å². The minimum atomic E-state index is 0.422. The van der Waals surface area contributed by atoms with Crippen molar-refractivity contribution in [1.29, 1.82) is 0 Å². The number of hydrogen-bond acceptors (Lipinski definition) is 8. The lowest BCUT2D eigenvalue weighted by molar-refractivity contribution is 0.794. The molecular weight excluding hydrogens is 288 g/mol. The topological polar surface area (TPSA) is 93.4 Å².